The van der Waals surface area contributed by atoms with Gasteiger partial charge in [0.2, 0.25) is 0 Å². The van der Waals surface area contributed by atoms with E-state index in [1.807, 2.05) is 13.0 Å². The van der Waals surface area contributed by atoms with E-state index in [0.29, 0.717) is 23.0 Å². The lowest BCUT2D eigenvalue weighted by molar-refractivity contribution is 0.0733. The van der Waals surface area contributed by atoms with Crippen LogP contribution in [0.1, 0.15) is 46.8 Å². The highest BCUT2D eigenvalue weighted by Gasteiger charge is 2.14. The standard InChI is InChI=1S/C23H24O3/c1-14(2)19-10-9-15(3)20-13-22(16(4)11-21(19)20)26-23(24)17-7-6-8-18(12-17)25-5/h6-14H,1-5H3. The fourth-order valence-electron chi connectivity index (χ4n) is 3.17. The van der Waals surface area contributed by atoms with Crippen LogP contribution in [0.25, 0.3) is 10.8 Å². The first kappa shape index (κ1) is 18.0. The van der Waals surface area contributed by atoms with E-state index in [0.717, 1.165) is 10.9 Å². The molecule has 0 saturated heterocycles. The van der Waals surface area contributed by atoms with E-state index in [1.165, 1.54) is 16.5 Å². The molecule has 3 aromatic carbocycles. The van der Waals surface area contributed by atoms with Crippen molar-refractivity contribution in [1.29, 1.82) is 0 Å². The largest absolute Gasteiger partial charge is 0.497 e. The summed E-state index contributed by atoms with van der Waals surface area (Å²) in [5.41, 5.74) is 3.89. The van der Waals surface area contributed by atoms with E-state index >= 15 is 0 Å². The van der Waals surface area contributed by atoms with Crippen molar-refractivity contribution in [3.8, 4) is 11.5 Å². The number of methoxy groups -OCH3 is 1. The number of rotatable bonds is 4. The third-order valence-corrected chi connectivity index (χ3v) is 4.69. The zero-order chi connectivity index (χ0) is 18.8. The Morgan fingerprint density at radius 2 is 1.69 bits per heavy atom. The van der Waals surface area contributed by atoms with E-state index in [-0.39, 0.29) is 5.97 Å². The van der Waals surface area contributed by atoms with E-state index in [2.05, 4.69) is 39.0 Å². The smallest absolute Gasteiger partial charge is 0.343 e. The number of benzene rings is 3. The molecule has 0 aromatic heterocycles. The van der Waals surface area contributed by atoms with Crippen molar-refractivity contribution in [3.63, 3.8) is 0 Å². The molecule has 0 fully saturated rings. The lowest BCUT2D eigenvalue weighted by Gasteiger charge is -2.15. The SMILES string of the molecule is COc1cccc(C(=O)Oc2cc3c(C)ccc(C(C)C)c3cc2C)c1. The van der Waals surface area contributed by atoms with Crippen molar-refractivity contribution in [2.75, 3.05) is 7.11 Å². The van der Waals surface area contributed by atoms with Crippen LogP contribution in [0, 0.1) is 13.8 Å². The Hall–Kier alpha value is -2.81. The molecule has 0 saturated carbocycles. The molecule has 3 nitrogen and oxygen atoms in total. The Morgan fingerprint density at radius 1 is 0.923 bits per heavy atom. The highest BCUT2D eigenvalue weighted by atomic mass is 16.5. The minimum Gasteiger partial charge on any atom is -0.497 e. The van der Waals surface area contributed by atoms with Crippen LogP contribution in [0.15, 0.2) is 48.5 Å². The molecule has 3 heteroatoms. The van der Waals surface area contributed by atoms with E-state index in [1.54, 1.807) is 31.4 Å². The van der Waals surface area contributed by atoms with Gasteiger partial charge in [-0.15, -0.1) is 0 Å². The average Bonchev–Trinajstić information content (AvgIpc) is 2.62. The predicted octanol–water partition coefficient (Wildman–Crippen LogP) is 5.81. The lowest BCUT2D eigenvalue weighted by atomic mass is 9.92. The summed E-state index contributed by atoms with van der Waals surface area (Å²) >= 11 is 0. The number of fused-ring (bicyclic) bond motifs is 1. The molecule has 0 amide bonds. The van der Waals surface area contributed by atoms with Gasteiger partial charge in [-0.05, 0) is 77.6 Å². The van der Waals surface area contributed by atoms with Gasteiger partial charge in [0.15, 0.2) is 0 Å². The number of hydrogen-bond acceptors (Lipinski definition) is 3. The molecular formula is C23H24O3. The summed E-state index contributed by atoms with van der Waals surface area (Å²) in [6.45, 7) is 8.43. The van der Waals surface area contributed by atoms with Crippen molar-refractivity contribution >= 4 is 16.7 Å². The van der Waals surface area contributed by atoms with Gasteiger partial charge in [0.25, 0.3) is 0 Å². The van der Waals surface area contributed by atoms with Crippen LogP contribution in [-0.2, 0) is 0 Å². The molecule has 0 atom stereocenters. The molecule has 3 rings (SSSR count). The fourth-order valence-corrected chi connectivity index (χ4v) is 3.17. The van der Waals surface area contributed by atoms with Crippen LogP contribution < -0.4 is 9.47 Å². The van der Waals surface area contributed by atoms with Crippen molar-refractivity contribution in [2.45, 2.75) is 33.6 Å². The minimum atomic E-state index is -0.385. The molecule has 0 aliphatic carbocycles. The molecule has 0 spiro atoms. The number of ether oxygens (including phenoxy) is 2. The van der Waals surface area contributed by atoms with Gasteiger partial charge in [0.1, 0.15) is 11.5 Å². The van der Waals surface area contributed by atoms with Crippen LogP contribution in [0.5, 0.6) is 11.5 Å². The van der Waals surface area contributed by atoms with Crippen LogP contribution >= 0.6 is 0 Å². The molecule has 0 N–H and O–H groups in total. The van der Waals surface area contributed by atoms with E-state index in [4.69, 9.17) is 9.47 Å². The monoisotopic (exact) mass is 348 g/mol. The summed E-state index contributed by atoms with van der Waals surface area (Å²) in [7, 11) is 1.58. The summed E-state index contributed by atoms with van der Waals surface area (Å²) in [5.74, 6) is 1.27. The second-order valence-corrected chi connectivity index (χ2v) is 6.91. The zero-order valence-corrected chi connectivity index (χ0v) is 15.9. The van der Waals surface area contributed by atoms with Crippen molar-refractivity contribution in [1.82, 2.24) is 0 Å². The third kappa shape index (κ3) is 3.43. The second kappa shape index (κ2) is 7.20. The Kier molecular flexibility index (Phi) is 4.99. The van der Waals surface area contributed by atoms with Gasteiger partial charge in [-0.3, -0.25) is 0 Å². The summed E-state index contributed by atoms with van der Waals surface area (Å²) in [4.78, 5) is 12.6. The van der Waals surface area contributed by atoms with Gasteiger partial charge in [0, 0.05) is 0 Å². The molecule has 3 aromatic rings. The lowest BCUT2D eigenvalue weighted by Crippen LogP contribution is -2.09. The van der Waals surface area contributed by atoms with Gasteiger partial charge < -0.3 is 9.47 Å². The topological polar surface area (TPSA) is 35.5 Å². The first-order valence-corrected chi connectivity index (χ1v) is 8.80. The van der Waals surface area contributed by atoms with Crippen LogP contribution in [0.4, 0.5) is 0 Å². The van der Waals surface area contributed by atoms with Gasteiger partial charge >= 0.3 is 5.97 Å². The summed E-state index contributed by atoms with van der Waals surface area (Å²) in [6, 6.07) is 15.4. The van der Waals surface area contributed by atoms with Crippen molar-refractivity contribution < 1.29 is 14.3 Å². The fraction of sp³-hybridized carbons (Fsp3) is 0.261. The average molecular weight is 348 g/mol. The Labute approximate surface area is 154 Å². The van der Waals surface area contributed by atoms with Gasteiger partial charge in [-0.25, -0.2) is 4.79 Å². The normalized spacial score (nSPS) is 11.0. The minimum absolute atomic E-state index is 0.385. The molecule has 0 aliphatic rings. The Balaban J connectivity index is 2.01. The molecule has 0 heterocycles. The summed E-state index contributed by atoms with van der Waals surface area (Å²) < 4.78 is 10.9. The predicted molar refractivity (Wildman–Crippen MR) is 105 cm³/mol. The third-order valence-electron chi connectivity index (χ3n) is 4.69. The quantitative estimate of drug-likeness (QED) is 0.441. The highest BCUT2D eigenvalue weighted by molar-refractivity contribution is 5.94. The molecular weight excluding hydrogens is 324 g/mol. The number of hydrogen-bond donors (Lipinski definition) is 0. The zero-order valence-electron chi connectivity index (χ0n) is 15.9. The maximum Gasteiger partial charge on any atom is 0.343 e. The van der Waals surface area contributed by atoms with Crippen molar-refractivity contribution in [2.24, 2.45) is 0 Å². The van der Waals surface area contributed by atoms with Crippen LogP contribution in [-0.4, -0.2) is 13.1 Å². The van der Waals surface area contributed by atoms with Crippen molar-refractivity contribution in [3.05, 3.63) is 70.8 Å². The first-order valence-electron chi connectivity index (χ1n) is 8.80. The molecule has 0 unspecified atom stereocenters. The Morgan fingerprint density at radius 3 is 2.38 bits per heavy atom. The number of aryl methyl sites for hydroxylation is 2. The maximum absolute atomic E-state index is 12.6. The number of esters is 1. The van der Waals surface area contributed by atoms with Gasteiger partial charge in [-0.2, -0.15) is 0 Å². The van der Waals surface area contributed by atoms with E-state index in [9.17, 15) is 4.79 Å². The highest BCUT2D eigenvalue weighted by Crippen LogP contribution is 2.33. The molecule has 0 bridgehead atoms. The molecule has 0 aliphatic heterocycles. The van der Waals surface area contributed by atoms with Crippen LogP contribution in [0.3, 0.4) is 0 Å². The molecule has 134 valence electrons. The number of carbonyl (C=O) groups is 1. The number of carbonyl (C=O) groups excluding carboxylic acids is 1. The maximum atomic E-state index is 12.6. The van der Waals surface area contributed by atoms with Crippen LogP contribution in [0.2, 0.25) is 0 Å². The van der Waals surface area contributed by atoms with Gasteiger partial charge in [0.05, 0.1) is 12.7 Å². The summed E-state index contributed by atoms with van der Waals surface area (Å²) in [5, 5.41) is 2.34. The molecule has 0 radical (unpaired) electrons. The second-order valence-electron chi connectivity index (χ2n) is 6.91. The van der Waals surface area contributed by atoms with Gasteiger partial charge in [-0.1, -0.05) is 32.0 Å². The molecule has 26 heavy (non-hydrogen) atoms. The Bertz CT molecular complexity index is 971. The summed E-state index contributed by atoms with van der Waals surface area (Å²) in [6.07, 6.45) is 0. The van der Waals surface area contributed by atoms with E-state index < -0.39 is 0 Å². The first-order chi connectivity index (χ1) is 12.4.